The Morgan fingerprint density at radius 2 is 2.14 bits per heavy atom. The third-order valence-corrected chi connectivity index (χ3v) is 1.75. The van der Waals surface area contributed by atoms with E-state index in [0.29, 0.717) is 4.68 Å². The standard InChI is InChI=1S/C3H4N4O4S2.Na/c8-3(12)2-4-5-6-7(2)1-13(9,10)11;/h1H2,(H,8,12)(H,9,10,11);/q;+1/p-1. The molecule has 1 N–H and O–H groups in total. The SMILES string of the molecule is O=C([S-])c1nnnn1CS(=O)(=O)O.[Na+]. The minimum atomic E-state index is -4.28. The van der Waals surface area contributed by atoms with Crippen molar-refractivity contribution in [1.29, 1.82) is 0 Å². The summed E-state index contributed by atoms with van der Waals surface area (Å²) in [5.74, 6) is -1.29. The Kier molecular flexibility index (Phi) is 5.05. The Labute approximate surface area is 107 Å². The first kappa shape index (κ1) is 13.9. The summed E-state index contributed by atoms with van der Waals surface area (Å²) in [6, 6.07) is 0. The fourth-order valence-corrected chi connectivity index (χ4v) is 1.22. The molecule has 1 heterocycles. The zero-order chi connectivity index (χ0) is 10.1. The molecule has 8 nitrogen and oxygen atoms in total. The van der Waals surface area contributed by atoms with Crippen molar-refractivity contribution >= 4 is 27.9 Å². The van der Waals surface area contributed by atoms with E-state index in [0.717, 1.165) is 0 Å². The van der Waals surface area contributed by atoms with Crippen molar-refractivity contribution in [3.05, 3.63) is 5.82 Å². The molecule has 0 aliphatic rings. The molecule has 0 amide bonds. The van der Waals surface area contributed by atoms with Crippen LogP contribution in [-0.4, -0.2) is 38.3 Å². The molecule has 72 valence electrons. The van der Waals surface area contributed by atoms with Gasteiger partial charge in [-0.25, -0.2) is 4.68 Å². The molecule has 1 aromatic heterocycles. The van der Waals surface area contributed by atoms with Gasteiger partial charge in [0.1, 0.15) is 0 Å². The van der Waals surface area contributed by atoms with Crippen LogP contribution < -0.4 is 29.6 Å². The number of tetrazole rings is 1. The molecule has 0 unspecified atom stereocenters. The predicted octanol–water partition coefficient (Wildman–Crippen LogP) is -4.79. The van der Waals surface area contributed by atoms with Crippen LogP contribution in [0.1, 0.15) is 10.6 Å². The van der Waals surface area contributed by atoms with Gasteiger partial charge in [0.15, 0.2) is 11.7 Å². The van der Waals surface area contributed by atoms with Crippen LogP contribution in [-0.2, 0) is 28.6 Å². The van der Waals surface area contributed by atoms with Crippen molar-refractivity contribution in [2.24, 2.45) is 0 Å². The van der Waals surface area contributed by atoms with Gasteiger partial charge in [0.2, 0.25) is 0 Å². The zero-order valence-corrected chi connectivity index (χ0v) is 10.6. The van der Waals surface area contributed by atoms with Gasteiger partial charge in [0, 0.05) is 0 Å². The van der Waals surface area contributed by atoms with Gasteiger partial charge in [-0.1, -0.05) is 0 Å². The first-order chi connectivity index (χ1) is 5.90. The van der Waals surface area contributed by atoms with E-state index in [2.05, 4.69) is 28.2 Å². The van der Waals surface area contributed by atoms with Crippen LogP contribution in [0.5, 0.6) is 0 Å². The third kappa shape index (κ3) is 3.94. The topological polar surface area (TPSA) is 115 Å². The summed E-state index contributed by atoms with van der Waals surface area (Å²) in [7, 11) is -4.28. The summed E-state index contributed by atoms with van der Waals surface area (Å²) >= 11 is 4.20. The normalized spacial score (nSPS) is 10.6. The molecule has 14 heavy (non-hydrogen) atoms. The van der Waals surface area contributed by atoms with Crippen molar-refractivity contribution in [1.82, 2.24) is 20.2 Å². The van der Waals surface area contributed by atoms with Gasteiger partial charge in [0.25, 0.3) is 10.1 Å². The summed E-state index contributed by atoms with van der Waals surface area (Å²) in [6.07, 6.45) is 0. The summed E-state index contributed by atoms with van der Waals surface area (Å²) < 4.78 is 29.7. The second-order valence-electron chi connectivity index (χ2n) is 2.00. The van der Waals surface area contributed by atoms with E-state index in [1.165, 1.54) is 0 Å². The molecule has 0 fully saturated rings. The largest absolute Gasteiger partial charge is 1.00 e. The van der Waals surface area contributed by atoms with E-state index in [1.54, 1.807) is 0 Å². The molecule has 1 aromatic rings. The van der Waals surface area contributed by atoms with Crippen LogP contribution in [0.4, 0.5) is 0 Å². The number of aromatic nitrogens is 4. The van der Waals surface area contributed by atoms with E-state index >= 15 is 0 Å². The predicted molar refractivity (Wildman–Crippen MR) is 41.1 cm³/mol. The van der Waals surface area contributed by atoms with E-state index in [1.807, 2.05) is 0 Å². The van der Waals surface area contributed by atoms with Crippen LogP contribution in [0.2, 0.25) is 0 Å². The molecule has 0 radical (unpaired) electrons. The number of carbonyl (C=O) groups is 1. The molecule has 0 saturated heterocycles. The molecule has 0 aliphatic heterocycles. The second-order valence-corrected chi connectivity index (χ2v) is 3.79. The number of nitrogens with zero attached hydrogens (tertiary/aromatic N) is 4. The molecule has 1 rings (SSSR count). The minimum absolute atomic E-state index is 0. The van der Waals surface area contributed by atoms with E-state index in [4.69, 9.17) is 4.55 Å². The Morgan fingerprint density at radius 1 is 1.57 bits per heavy atom. The van der Waals surface area contributed by atoms with Crippen molar-refractivity contribution in [2.45, 2.75) is 5.88 Å². The quantitative estimate of drug-likeness (QED) is 0.321. The van der Waals surface area contributed by atoms with Gasteiger partial charge >= 0.3 is 29.6 Å². The average Bonchev–Trinajstić information content (AvgIpc) is 2.31. The fourth-order valence-electron chi connectivity index (χ4n) is 0.592. The molecule has 0 aromatic carbocycles. The van der Waals surface area contributed by atoms with Crippen LogP contribution in [0, 0.1) is 0 Å². The van der Waals surface area contributed by atoms with Gasteiger partial charge in [0.05, 0.1) is 5.12 Å². The molecular formula is C3H3N4NaO4S2. The molecule has 0 aliphatic carbocycles. The van der Waals surface area contributed by atoms with Crippen molar-refractivity contribution in [3.63, 3.8) is 0 Å². The van der Waals surface area contributed by atoms with Crippen molar-refractivity contribution in [2.75, 3.05) is 0 Å². The maximum Gasteiger partial charge on any atom is 1.00 e. The minimum Gasteiger partial charge on any atom is -0.734 e. The van der Waals surface area contributed by atoms with Gasteiger partial charge in [-0.2, -0.15) is 8.42 Å². The summed E-state index contributed by atoms with van der Waals surface area (Å²) in [4.78, 5) is 10.6. The number of carbonyl (C=O) groups excluding carboxylic acids is 1. The molecule has 11 heteroatoms. The van der Waals surface area contributed by atoms with Crippen LogP contribution in [0.3, 0.4) is 0 Å². The first-order valence-corrected chi connectivity index (χ1v) is 4.84. The average molecular weight is 246 g/mol. The second kappa shape index (κ2) is 5.09. The van der Waals surface area contributed by atoms with Crippen LogP contribution >= 0.6 is 0 Å². The molecule has 0 saturated carbocycles. The van der Waals surface area contributed by atoms with E-state index in [9.17, 15) is 13.2 Å². The van der Waals surface area contributed by atoms with Crippen molar-refractivity contribution in [3.8, 4) is 0 Å². The van der Waals surface area contributed by atoms with Gasteiger partial charge in [-0.15, -0.1) is 5.10 Å². The van der Waals surface area contributed by atoms with Gasteiger partial charge in [-0.05, 0) is 10.4 Å². The Balaban J connectivity index is 0.00000169. The maximum absolute atomic E-state index is 10.6. The number of hydrogen-bond acceptors (Lipinski definition) is 7. The van der Waals surface area contributed by atoms with Crippen molar-refractivity contribution < 1.29 is 47.3 Å². The van der Waals surface area contributed by atoms with Crippen LogP contribution in [0.15, 0.2) is 0 Å². The summed E-state index contributed by atoms with van der Waals surface area (Å²) in [5.41, 5.74) is 0. The summed E-state index contributed by atoms with van der Waals surface area (Å²) in [5, 5.41) is 8.46. The zero-order valence-electron chi connectivity index (χ0n) is 6.98. The smallest absolute Gasteiger partial charge is 0.734 e. The van der Waals surface area contributed by atoms with Gasteiger partial charge in [-0.3, -0.25) is 4.55 Å². The third-order valence-electron chi connectivity index (χ3n) is 1.000. The van der Waals surface area contributed by atoms with Gasteiger partial charge < -0.3 is 17.4 Å². The Hall–Kier alpha value is -0.130. The molecule has 0 spiro atoms. The van der Waals surface area contributed by atoms with E-state index < -0.39 is 26.9 Å². The number of rotatable bonds is 3. The molecule has 0 atom stereocenters. The molecular weight excluding hydrogens is 243 g/mol. The number of hydrogen-bond donors (Lipinski definition) is 1. The Bertz CT molecular complexity index is 428. The Morgan fingerprint density at radius 3 is 2.57 bits per heavy atom. The van der Waals surface area contributed by atoms with Crippen LogP contribution in [0.25, 0.3) is 0 Å². The summed E-state index contributed by atoms with van der Waals surface area (Å²) in [6.45, 7) is 0. The maximum atomic E-state index is 10.6. The first-order valence-electron chi connectivity index (χ1n) is 2.83. The molecule has 0 bridgehead atoms. The fraction of sp³-hybridized carbons (Fsp3) is 0.333. The monoisotopic (exact) mass is 246 g/mol. The van der Waals surface area contributed by atoms with E-state index in [-0.39, 0.29) is 29.6 Å².